The van der Waals surface area contributed by atoms with E-state index in [0.29, 0.717) is 5.11 Å². The number of carbonyl (C=O) groups excluding carboxylic acids is 1. The summed E-state index contributed by atoms with van der Waals surface area (Å²) in [5.41, 5.74) is 3.14. The Bertz CT molecular complexity index is 662. The normalized spacial score (nSPS) is 33.3. The Morgan fingerprint density at radius 1 is 1.08 bits per heavy atom. The summed E-state index contributed by atoms with van der Waals surface area (Å²) in [6.45, 7) is 4.10. The highest BCUT2D eigenvalue weighted by molar-refractivity contribution is 7.80. The summed E-state index contributed by atoms with van der Waals surface area (Å²) in [7, 11) is 0. The molecule has 1 aromatic carbocycles. The summed E-state index contributed by atoms with van der Waals surface area (Å²) in [6.07, 6.45) is 7.23. The fraction of sp³-hybridized carbons (Fsp3) is 0.600. The first-order chi connectivity index (χ1) is 11.4. The number of anilines is 1. The van der Waals surface area contributed by atoms with E-state index in [0.717, 1.165) is 48.3 Å². The van der Waals surface area contributed by atoms with E-state index in [9.17, 15) is 4.79 Å². The fourth-order valence-corrected chi connectivity index (χ4v) is 5.85. The molecule has 0 aromatic heterocycles. The molecule has 128 valence electrons. The predicted molar refractivity (Wildman–Crippen MR) is 101 cm³/mol. The second-order valence-corrected chi connectivity index (χ2v) is 8.83. The lowest BCUT2D eigenvalue weighted by atomic mass is 9.49. The highest BCUT2D eigenvalue weighted by Gasteiger charge is 2.54. The van der Waals surface area contributed by atoms with Crippen LogP contribution in [0.3, 0.4) is 0 Å². The Balaban J connectivity index is 1.44. The van der Waals surface area contributed by atoms with Crippen molar-refractivity contribution in [2.75, 3.05) is 5.32 Å². The summed E-state index contributed by atoms with van der Waals surface area (Å²) in [4.78, 5) is 13.0. The van der Waals surface area contributed by atoms with E-state index in [1.165, 1.54) is 24.8 Å². The third-order valence-electron chi connectivity index (χ3n) is 6.39. The summed E-state index contributed by atoms with van der Waals surface area (Å²) >= 11 is 5.43. The fourth-order valence-electron chi connectivity index (χ4n) is 5.65. The zero-order valence-electron chi connectivity index (χ0n) is 14.5. The van der Waals surface area contributed by atoms with Gasteiger partial charge in [0.15, 0.2) is 5.11 Å². The quantitative estimate of drug-likeness (QED) is 0.786. The van der Waals surface area contributed by atoms with Gasteiger partial charge in [-0.1, -0.05) is 12.1 Å². The summed E-state index contributed by atoms with van der Waals surface area (Å²) in [6, 6.07) is 6.22. The molecule has 5 rings (SSSR count). The third kappa shape index (κ3) is 2.85. The van der Waals surface area contributed by atoms with Crippen LogP contribution in [0.25, 0.3) is 0 Å². The maximum Gasteiger partial charge on any atom is 0.232 e. The number of amides is 1. The largest absolute Gasteiger partial charge is 0.332 e. The maximum absolute atomic E-state index is 13.0. The van der Waals surface area contributed by atoms with Crippen LogP contribution in [-0.4, -0.2) is 11.0 Å². The van der Waals surface area contributed by atoms with Gasteiger partial charge in [0.25, 0.3) is 0 Å². The van der Waals surface area contributed by atoms with Crippen LogP contribution in [0.4, 0.5) is 5.69 Å². The molecule has 4 saturated carbocycles. The molecule has 0 saturated heterocycles. The minimum Gasteiger partial charge on any atom is -0.332 e. The van der Waals surface area contributed by atoms with Crippen LogP contribution >= 0.6 is 12.2 Å². The van der Waals surface area contributed by atoms with E-state index in [1.807, 2.05) is 6.92 Å². The number of carbonyl (C=O) groups is 1. The molecule has 4 heteroatoms. The van der Waals surface area contributed by atoms with Gasteiger partial charge in [-0.05, 0) is 99.5 Å². The minimum absolute atomic E-state index is 0.151. The molecule has 2 N–H and O–H groups in total. The molecule has 1 amide bonds. The molecule has 0 aliphatic heterocycles. The van der Waals surface area contributed by atoms with Crippen LogP contribution in [-0.2, 0) is 4.79 Å². The molecule has 4 fully saturated rings. The van der Waals surface area contributed by atoms with Crippen LogP contribution in [0.5, 0.6) is 0 Å². The van der Waals surface area contributed by atoms with Gasteiger partial charge in [-0.15, -0.1) is 0 Å². The number of thiocarbonyl (C=S) groups is 1. The molecule has 0 spiro atoms. The van der Waals surface area contributed by atoms with Crippen molar-refractivity contribution in [2.45, 2.75) is 52.4 Å². The van der Waals surface area contributed by atoms with Gasteiger partial charge in [-0.3, -0.25) is 4.79 Å². The van der Waals surface area contributed by atoms with E-state index in [-0.39, 0.29) is 11.3 Å². The molecular weight excluding hydrogens is 316 g/mol. The molecule has 24 heavy (non-hydrogen) atoms. The Hall–Kier alpha value is -1.42. The zero-order valence-corrected chi connectivity index (χ0v) is 15.3. The predicted octanol–water partition coefficient (Wildman–Crippen LogP) is 4.33. The van der Waals surface area contributed by atoms with E-state index in [4.69, 9.17) is 12.2 Å². The number of aryl methyl sites for hydroxylation is 2. The van der Waals surface area contributed by atoms with Crippen molar-refractivity contribution < 1.29 is 4.79 Å². The van der Waals surface area contributed by atoms with Crippen LogP contribution in [0, 0.1) is 37.0 Å². The number of benzene rings is 1. The first-order valence-electron chi connectivity index (χ1n) is 9.13. The van der Waals surface area contributed by atoms with E-state index >= 15 is 0 Å². The molecule has 0 unspecified atom stereocenters. The Kier molecular flexibility index (Phi) is 3.91. The first-order valence-corrected chi connectivity index (χ1v) is 9.54. The summed E-state index contributed by atoms with van der Waals surface area (Å²) < 4.78 is 0. The Morgan fingerprint density at radius 3 is 2.25 bits per heavy atom. The Morgan fingerprint density at radius 2 is 1.67 bits per heavy atom. The lowest BCUT2D eigenvalue weighted by Gasteiger charge is -2.55. The van der Waals surface area contributed by atoms with Crippen molar-refractivity contribution >= 4 is 28.9 Å². The lowest BCUT2D eigenvalue weighted by Crippen LogP contribution is -2.55. The van der Waals surface area contributed by atoms with Crippen molar-refractivity contribution in [1.82, 2.24) is 5.32 Å². The van der Waals surface area contributed by atoms with Gasteiger partial charge in [0, 0.05) is 5.69 Å². The molecule has 4 aliphatic rings. The van der Waals surface area contributed by atoms with Gasteiger partial charge in [0.05, 0.1) is 5.41 Å². The molecule has 4 bridgehead atoms. The van der Waals surface area contributed by atoms with Gasteiger partial charge in [-0.25, -0.2) is 0 Å². The van der Waals surface area contributed by atoms with E-state index < -0.39 is 0 Å². The van der Waals surface area contributed by atoms with Crippen molar-refractivity contribution in [3.8, 4) is 0 Å². The van der Waals surface area contributed by atoms with Crippen molar-refractivity contribution in [2.24, 2.45) is 23.2 Å². The number of hydrogen-bond donors (Lipinski definition) is 2. The average Bonchev–Trinajstić information content (AvgIpc) is 2.49. The lowest BCUT2D eigenvalue weighted by molar-refractivity contribution is -0.144. The van der Waals surface area contributed by atoms with Crippen LogP contribution < -0.4 is 10.6 Å². The molecule has 4 aliphatic carbocycles. The smallest absolute Gasteiger partial charge is 0.232 e. The summed E-state index contributed by atoms with van der Waals surface area (Å²) in [5.74, 6) is 2.46. The summed E-state index contributed by atoms with van der Waals surface area (Å²) in [5, 5.41) is 6.66. The standard InChI is InChI=1S/C20H26N2OS/c1-12-3-4-13(2)17(5-12)21-19(24)22-18(23)20-9-14-6-15(10-20)8-16(7-14)11-20/h3-5,14-16H,6-11H2,1-2H3,(H2,21,22,23,24). The third-order valence-corrected chi connectivity index (χ3v) is 6.59. The van der Waals surface area contributed by atoms with Crippen molar-refractivity contribution in [3.63, 3.8) is 0 Å². The molecule has 0 radical (unpaired) electrons. The minimum atomic E-state index is -0.151. The molecule has 1 aromatic rings. The van der Waals surface area contributed by atoms with Crippen LogP contribution in [0.1, 0.15) is 49.7 Å². The Labute approximate surface area is 149 Å². The number of rotatable bonds is 2. The topological polar surface area (TPSA) is 41.1 Å². The average molecular weight is 343 g/mol. The van der Waals surface area contributed by atoms with Gasteiger partial charge in [-0.2, -0.15) is 0 Å². The van der Waals surface area contributed by atoms with E-state index in [2.05, 4.69) is 35.8 Å². The highest BCUT2D eigenvalue weighted by atomic mass is 32.1. The van der Waals surface area contributed by atoms with Crippen molar-refractivity contribution in [1.29, 1.82) is 0 Å². The van der Waals surface area contributed by atoms with Crippen LogP contribution in [0.15, 0.2) is 18.2 Å². The second kappa shape index (κ2) is 5.83. The maximum atomic E-state index is 13.0. The number of nitrogens with one attached hydrogen (secondary N) is 2. The monoisotopic (exact) mass is 342 g/mol. The van der Waals surface area contributed by atoms with Gasteiger partial charge < -0.3 is 10.6 Å². The molecular formula is C20H26N2OS. The molecule has 0 atom stereocenters. The first kappa shape index (κ1) is 16.1. The van der Waals surface area contributed by atoms with Gasteiger partial charge in [0.1, 0.15) is 0 Å². The SMILES string of the molecule is Cc1ccc(C)c(NC(=S)NC(=O)C23CC4CC(CC(C4)C2)C3)c1. The van der Waals surface area contributed by atoms with Gasteiger partial charge in [0.2, 0.25) is 5.91 Å². The molecule has 0 heterocycles. The van der Waals surface area contributed by atoms with Crippen molar-refractivity contribution in [3.05, 3.63) is 29.3 Å². The van der Waals surface area contributed by atoms with E-state index in [1.54, 1.807) is 0 Å². The van der Waals surface area contributed by atoms with Gasteiger partial charge >= 0.3 is 0 Å². The second-order valence-electron chi connectivity index (χ2n) is 8.42. The number of hydrogen-bond acceptors (Lipinski definition) is 2. The van der Waals surface area contributed by atoms with Crippen LogP contribution in [0.2, 0.25) is 0 Å². The zero-order chi connectivity index (χ0) is 16.9. The molecule has 3 nitrogen and oxygen atoms in total. The highest BCUT2D eigenvalue weighted by Crippen LogP contribution is 2.60.